The first-order valence-corrected chi connectivity index (χ1v) is 8.89. The summed E-state index contributed by atoms with van der Waals surface area (Å²) in [5.74, 6) is -0.884. The zero-order valence-electron chi connectivity index (χ0n) is 16.8. The minimum Gasteiger partial charge on any atom is -0.501 e. The normalized spacial score (nSPS) is 10.6. The molecule has 2 aromatic rings. The van der Waals surface area contributed by atoms with Crippen molar-refractivity contribution in [2.24, 2.45) is 0 Å². The molecule has 28 heavy (non-hydrogen) atoms. The molecule has 0 atom stereocenters. The number of nitrogens with zero attached hydrogens (tertiary/aromatic N) is 2. The third-order valence-corrected chi connectivity index (χ3v) is 4.09. The highest BCUT2D eigenvalue weighted by molar-refractivity contribution is 5.65. The summed E-state index contributed by atoms with van der Waals surface area (Å²) in [6.07, 6.45) is 0.308. The number of carbonyl (C=O) groups excluding carboxylic acids is 1. The van der Waals surface area contributed by atoms with Gasteiger partial charge in [0.25, 0.3) is 0 Å². The van der Waals surface area contributed by atoms with Gasteiger partial charge in [0.2, 0.25) is 12.2 Å². The number of nitrogens with one attached hydrogen (secondary N) is 2. The van der Waals surface area contributed by atoms with E-state index in [2.05, 4.69) is 22.2 Å². The van der Waals surface area contributed by atoms with E-state index < -0.39 is 16.8 Å². The molecular formula is C20H27FN4O3. The van der Waals surface area contributed by atoms with E-state index in [0.717, 1.165) is 10.1 Å². The highest BCUT2D eigenvalue weighted by atomic mass is 19.1. The molecule has 0 aliphatic heterocycles. The largest absolute Gasteiger partial charge is 0.501 e. The third-order valence-electron chi connectivity index (χ3n) is 4.09. The number of carbonyl (C=O) groups is 1. The van der Waals surface area contributed by atoms with Gasteiger partial charge in [0.05, 0.1) is 11.2 Å². The number of aromatic hydroxyl groups is 1. The maximum atomic E-state index is 13.0. The van der Waals surface area contributed by atoms with Gasteiger partial charge in [0.15, 0.2) is 0 Å². The van der Waals surface area contributed by atoms with Crippen molar-refractivity contribution >= 4 is 12.1 Å². The molecule has 0 spiro atoms. The van der Waals surface area contributed by atoms with E-state index in [0.29, 0.717) is 13.0 Å². The quantitative estimate of drug-likeness (QED) is 0.628. The highest BCUT2D eigenvalue weighted by Gasteiger charge is 2.28. The van der Waals surface area contributed by atoms with Gasteiger partial charge in [-0.2, -0.15) is 0 Å². The number of hydrogen-bond acceptors (Lipinski definition) is 6. The average molecular weight is 390 g/mol. The first-order chi connectivity index (χ1) is 13.2. The van der Waals surface area contributed by atoms with Gasteiger partial charge < -0.3 is 15.7 Å². The molecule has 0 amide bonds. The molecule has 0 bridgehead atoms. The lowest BCUT2D eigenvalue weighted by atomic mass is 10.0. The number of halogens is 1. The maximum Gasteiger partial charge on any atom is 0.303 e. The van der Waals surface area contributed by atoms with Crippen LogP contribution in [-0.4, -0.2) is 28.1 Å². The fourth-order valence-corrected chi connectivity index (χ4v) is 2.28. The van der Waals surface area contributed by atoms with Crippen molar-refractivity contribution in [1.82, 2.24) is 20.2 Å². The lowest BCUT2D eigenvalue weighted by Crippen LogP contribution is -2.41. The van der Waals surface area contributed by atoms with Crippen molar-refractivity contribution in [3.05, 3.63) is 64.1 Å². The van der Waals surface area contributed by atoms with Gasteiger partial charge in [0, 0.05) is 6.54 Å². The Bertz CT molecular complexity index is 890. The molecule has 0 saturated heterocycles. The van der Waals surface area contributed by atoms with Crippen LogP contribution in [-0.2, 0) is 16.9 Å². The number of hydrogen-bond donors (Lipinski definition) is 3. The molecule has 0 unspecified atom stereocenters. The Labute approximate surface area is 163 Å². The summed E-state index contributed by atoms with van der Waals surface area (Å²) in [6.45, 7) is 11.6. The summed E-state index contributed by atoms with van der Waals surface area (Å²) in [6, 6.07) is 5.86. The summed E-state index contributed by atoms with van der Waals surface area (Å²) >= 11 is 0. The molecule has 0 aliphatic carbocycles. The van der Waals surface area contributed by atoms with Crippen LogP contribution < -0.4 is 16.2 Å². The van der Waals surface area contributed by atoms with Crippen molar-refractivity contribution in [1.29, 1.82) is 0 Å². The number of rotatable bonds is 7. The van der Waals surface area contributed by atoms with Crippen LogP contribution in [0.2, 0.25) is 0 Å². The van der Waals surface area contributed by atoms with Gasteiger partial charge in [-0.1, -0.05) is 32.6 Å². The van der Waals surface area contributed by atoms with E-state index in [1.807, 2.05) is 13.8 Å². The molecule has 2 rings (SSSR count). The zero-order chi connectivity index (χ0) is 21.5. The van der Waals surface area contributed by atoms with E-state index in [-0.39, 0.29) is 23.0 Å². The second-order valence-electron chi connectivity index (χ2n) is 6.25. The Kier molecular flexibility index (Phi) is 8.06. The van der Waals surface area contributed by atoms with Crippen LogP contribution in [0.25, 0.3) is 5.70 Å². The summed E-state index contributed by atoms with van der Waals surface area (Å²) < 4.78 is 13.7. The van der Waals surface area contributed by atoms with Crippen molar-refractivity contribution in [3.8, 4) is 5.75 Å². The second-order valence-corrected chi connectivity index (χ2v) is 6.25. The minimum atomic E-state index is -0.881. The molecule has 0 radical (unpaired) electrons. The second kappa shape index (κ2) is 9.80. The van der Waals surface area contributed by atoms with E-state index in [9.17, 15) is 19.1 Å². The van der Waals surface area contributed by atoms with Crippen LogP contribution in [0, 0.1) is 5.82 Å². The van der Waals surface area contributed by atoms with Crippen LogP contribution in [0.4, 0.5) is 4.39 Å². The average Bonchev–Trinajstić information content (AvgIpc) is 2.70. The molecule has 1 heterocycles. The molecular weight excluding hydrogens is 363 g/mol. The molecule has 0 aliphatic rings. The Morgan fingerprint density at radius 1 is 1.32 bits per heavy atom. The minimum absolute atomic E-state index is 0.0477. The number of aromatic nitrogens is 2. The van der Waals surface area contributed by atoms with Crippen LogP contribution in [0.15, 0.2) is 35.6 Å². The lowest BCUT2D eigenvalue weighted by Gasteiger charge is -2.26. The maximum absolute atomic E-state index is 13.0. The molecule has 1 aromatic heterocycles. The Balaban J connectivity index is 0.00000190. The fourth-order valence-electron chi connectivity index (χ4n) is 2.28. The van der Waals surface area contributed by atoms with Gasteiger partial charge in [-0.15, -0.1) is 0 Å². The van der Waals surface area contributed by atoms with Gasteiger partial charge >= 0.3 is 5.56 Å². The van der Waals surface area contributed by atoms with Gasteiger partial charge in [-0.3, -0.25) is 9.59 Å². The molecule has 0 saturated carbocycles. The number of benzene rings is 1. The zero-order valence-corrected chi connectivity index (χ0v) is 16.8. The van der Waals surface area contributed by atoms with E-state index >= 15 is 0 Å². The van der Waals surface area contributed by atoms with E-state index in [1.165, 1.54) is 12.1 Å². The van der Waals surface area contributed by atoms with Gasteiger partial charge in [0.1, 0.15) is 17.3 Å². The van der Waals surface area contributed by atoms with Crippen molar-refractivity contribution in [3.63, 3.8) is 0 Å². The Morgan fingerprint density at radius 2 is 1.89 bits per heavy atom. The summed E-state index contributed by atoms with van der Waals surface area (Å²) in [5.41, 5.74) is -0.750. The Hall–Kier alpha value is -3.00. The standard InChI is InChI=1S/C18H21FN4O3.C2H6/c1-11(21-9-12-5-7-13(19)8-6-12)14-15(25)16(26)23(10-24)17(22-14)18(2,3)20-4;1-2/h5-8,10,20-21,25H,1,9H2,2-4H3;1-2H3. The molecule has 0 fully saturated rings. The predicted octanol–water partition coefficient (Wildman–Crippen LogP) is 2.37. The third kappa shape index (κ3) is 5.04. The van der Waals surface area contributed by atoms with Crippen LogP contribution in [0.1, 0.15) is 44.8 Å². The van der Waals surface area contributed by atoms with E-state index in [4.69, 9.17) is 0 Å². The van der Waals surface area contributed by atoms with Crippen LogP contribution >= 0.6 is 0 Å². The van der Waals surface area contributed by atoms with Crippen LogP contribution in [0.3, 0.4) is 0 Å². The first kappa shape index (κ1) is 23.0. The lowest BCUT2D eigenvalue weighted by molar-refractivity contribution is 0.391. The monoisotopic (exact) mass is 390 g/mol. The van der Waals surface area contributed by atoms with Crippen molar-refractivity contribution in [2.45, 2.75) is 39.8 Å². The molecule has 1 aromatic carbocycles. The first-order valence-electron chi connectivity index (χ1n) is 8.89. The summed E-state index contributed by atoms with van der Waals surface area (Å²) in [5, 5.41) is 16.1. The smallest absolute Gasteiger partial charge is 0.303 e. The fraction of sp³-hybridized carbons (Fsp3) is 0.350. The summed E-state index contributed by atoms with van der Waals surface area (Å²) in [7, 11) is 1.66. The van der Waals surface area contributed by atoms with Crippen molar-refractivity contribution in [2.75, 3.05) is 7.05 Å². The van der Waals surface area contributed by atoms with Gasteiger partial charge in [-0.25, -0.2) is 13.9 Å². The topological polar surface area (TPSA) is 96.3 Å². The molecule has 7 nitrogen and oxygen atoms in total. The Morgan fingerprint density at radius 3 is 2.39 bits per heavy atom. The highest BCUT2D eigenvalue weighted by Crippen LogP contribution is 2.22. The molecule has 8 heteroatoms. The van der Waals surface area contributed by atoms with Crippen molar-refractivity contribution < 1.29 is 14.3 Å². The van der Waals surface area contributed by atoms with E-state index in [1.54, 1.807) is 33.0 Å². The molecule has 3 N–H and O–H groups in total. The SMILES string of the molecule is C=C(NCc1ccc(F)cc1)c1nc(C(C)(C)NC)n(C=O)c(=O)c1O.CC. The van der Waals surface area contributed by atoms with Gasteiger partial charge in [-0.05, 0) is 38.6 Å². The van der Waals surface area contributed by atoms with Crippen LogP contribution in [0.5, 0.6) is 5.75 Å². The molecule has 152 valence electrons. The summed E-state index contributed by atoms with van der Waals surface area (Å²) in [4.78, 5) is 27.9. The predicted molar refractivity (Wildman–Crippen MR) is 108 cm³/mol.